The van der Waals surface area contributed by atoms with Crippen molar-refractivity contribution in [3.05, 3.63) is 0 Å². The Hall–Kier alpha value is 0.107. The molecule has 0 amide bonds. The molecule has 0 radical (unpaired) electrons. The predicted molar refractivity (Wildman–Crippen MR) is 105 cm³/mol. The van der Waals surface area contributed by atoms with Gasteiger partial charge in [-0.25, -0.2) is 0 Å². The molecule has 5 atom stereocenters. The molecule has 0 bridgehead atoms. The van der Waals surface area contributed by atoms with Crippen LogP contribution in [-0.2, 0) is 27.8 Å². The number of hydrogen-bond acceptors (Lipinski definition) is 6. The molecule has 0 aromatic rings. The van der Waals surface area contributed by atoms with Crippen molar-refractivity contribution in [3.8, 4) is 0 Å². The Morgan fingerprint density at radius 2 is 1.50 bits per heavy atom. The zero-order valence-corrected chi connectivity index (χ0v) is 17.9. The van der Waals surface area contributed by atoms with Crippen molar-refractivity contribution in [3.63, 3.8) is 0 Å². The Balaban J connectivity index is 1.70. The number of unbranched alkanes of at least 4 members (excludes halogenated alkanes) is 2. The Kier molecular flexibility index (Phi) is 7.27. The number of ether oxygens (including phenoxy) is 1. The summed E-state index contributed by atoms with van der Waals surface area (Å²) in [6, 6.07) is 0. The lowest BCUT2D eigenvalue weighted by Crippen LogP contribution is -2.64. The zero-order valence-electron chi connectivity index (χ0n) is 16.9. The van der Waals surface area contributed by atoms with Gasteiger partial charge in [0.25, 0.3) is 0 Å². The minimum absolute atomic E-state index is 0.148. The van der Waals surface area contributed by atoms with Gasteiger partial charge in [0.2, 0.25) is 0 Å². The molecule has 0 aromatic carbocycles. The smallest absolute Gasteiger partial charge is 0.408 e. The van der Waals surface area contributed by atoms with Crippen molar-refractivity contribution in [1.29, 1.82) is 0 Å². The molecule has 3 rings (SSSR count). The third-order valence-corrected chi connectivity index (χ3v) is 5.96. The van der Waals surface area contributed by atoms with E-state index in [1.54, 1.807) is 0 Å². The van der Waals surface area contributed by atoms with Crippen molar-refractivity contribution < 1.29 is 27.8 Å². The van der Waals surface area contributed by atoms with E-state index in [1.807, 2.05) is 0 Å². The van der Waals surface area contributed by atoms with Crippen molar-refractivity contribution in [2.24, 2.45) is 0 Å². The number of rotatable bonds is 8. The second kappa shape index (κ2) is 9.07. The maximum absolute atomic E-state index is 6.29. The van der Waals surface area contributed by atoms with E-state index in [2.05, 4.69) is 33.5 Å². The first-order chi connectivity index (χ1) is 12.4. The average molecular weight is 384 g/mol. The summed E-state index contributed by atoms with van der Waals surface area (Å²) in [7, 11) is -2.15. The fraction of sp³-hybridized carbons (Fsp3) is 1.00. The van der Waals surface area contributed by atoms with E-state index >= 15 is 0 Å². The number of hydrogen-bond donors (Lipinski definition) is 0. The van der Waals surface area contributed by atoms with Crippen LogP contribution in [0.4, 0.5) is 0 Å². The van der Waals surface area contributed by atoms with Gasteiger partial charge in [0.05, 0.1) is 18.8 Å². The lowest BCUT2D eigenvalue weighted by Gasteiger charge is -2.47. The summed E-state index contributed by atoms with van der Waals surface area (Å²) in [4.78, 5) is 0. The van der Waals surface area contributed by atoms with E-state index in [4.69, 9.17) is 27.8 Å². The van der Waals surface area contributed by atoms with Gasteiger partial charge in [-0.05, 0) is 32.3 Å². The first kappa shape index (κ1) is 20.8. The highest BCUT2D eigenvalue weighted by atomic mass is 28.4. The Morgan fingerprint density at radius 1 is 0.885 bits per heavy atom. The molecule has 9 heteroatoms. The largest absolute Gasteiger partial charge is 0.457 e. The standard InChI is InChI=1S/C17H34B2O6Si/c1-6-8-10-18-20-12-13-14(22-18)15-16(17(21-13)25-26(3,4)5)24-19(23-15)11-9-7-2/h13-17H,6-12H2,1-5H3. The van der Waals surface area contributed by atoms with E-state index in [0.717, 1.165) is 38.3 Å². The van der Waals surface area contributed by atoms with Gasteiger partial charge >= 0.3 is 14.2 Å². The molecular weight excluding hydrogens is 350 g/mol. The molecule has 5 unspecified atom stereocenters. The molecule has 6 nitrogen and oxygen atoms in total. The normalized spacial score (nSPS) is 34.7. The third-order valence-electron chi connectivity index (χ3n) is 5.02. The summed E-state index contributed by atoms with van der Waals surface area (Å²) in [5.41, 5.74) is 0. The van der Waals surface area contributed by atoms with Crippen molar-refractivity contribution in [2.75, 3.05) is 6.61 Å². The molecule has 0 saturated carbocycles. The molecule has 0 aromatic heterocycles. The summed E-state index contributed by atoms with van der Waals surface area (Å²) in [6.45, 7) is 11.4. The van der Waals surface area contributed by atoms with E-state index < -0.39 is 14.6 Å². The van der Waals surface area contributed by atoms with Gasteiger partial charge in [-0.15, -0.1) is 0 Å². The monoisotopic (exact) mass is 384 g/mol. The van der Waals surface area contributed by atoms with Gasteiger partial charge in [0.15, 0.2) is 14.6 Å². The summed E-state index contributed by atoms with van der Waals surface area (Å²) in [5, 5.41) is 0. The van der Waals surface area contributed by atoms with E-state index in [0.29, 0.717) is 6.61 Å². The highest BCUT2D eigenvalue weighted by Gasteiger charge is 2.57. The Labute approximate surface area is 160 Å². The molecular formula is C17H34B2O6Si. The topological polar surface area (TPSA) is 55.4 Å². The molecule has 3 saturated heterocycles. The summed E-state index contributed by atoms with van der Waals surface area (Å²) in [5.74, 6) is 0. The first-order valence-corrected chi connectivity index (χ1v) is 13.7. The third kappa shape index (κ3) is 5.13. The highest BCUT2D eigenvalue weighted by Crippen LogP contribution is 2.38. The van der Waals surface area contributed by atoms with Crippen LogP contribution in [-0.4, -0.2) is 59.9 Å². The molecule has 148 valence electrons. The molecule has 3 aliphatic heterocycles. The lowest BCUT2D eigenvalue weighted by atomic mass is 9.79. The summed E-state index contributed by atoms with van der Waals surface area (Å²) >= 11 is 0. The molecule has 3 heterocycles. The minimum atomic E-state index is -1.78. The maximum Gasteiger partial charge on any atom is 0.457 e. The van der Waals surface area contributed by atoms with Crippen LogP contribution in [0.15, 0.2) is 0 Å². The summed E-state index contributed by atoms with van der Waals surface area (Å²) < 4.78 is 37.2. The van der Waals surface area contributed by atoms with Crippen molar-refractivity contribution in [2.45, 2.75) is 103 Å². The maximum atomic E-state index is 6.29. The molecule has 3 fully saturated rings. The van der Waals surface area contributed by atoms with Crippen LogP contribution in [0.5, 0.6) is 0 Å². The van der Waals surface area contributed by atoms with Gasteiger partial charge in [0, 0.05) is 0 Å². The first-order valence-electron chi connectivity index (χ1n) is 10.3. The molecule has 0 aliphatic carbocycles. The zero-order chi connectivity index (χ0) is 18.7. The number of fused-ring (bicyclic) bond motifs is 3. The van der Waals surface area contributed by atoms with E-state index in [1.165, 1.54) is 0 Å². The lowest BCUT2D eigenvalue weighted by molar-refractivity contribution is -0.261. The Bertz CT molecular complexity index is 451. The van der Waals surface area contributed by atoms with Crippen LogP contribution in [0.3, 0.4) is 0 Å². The van der Waals surface area contributed by atoms with Gasteiger partial charge in [0.1, 0.15) is 12.2 Å². The van der Waals surface area contributed by atoms with Crippen LogP contribution < -0.4 is 0 Å². The van der Waals surface area contributed by atoms with E-state index in [9.17, 15) is 0 Å². The Morgan fingerprint density at radius 3 is 2.15 bits per heavy atom. The van der Waals surface area contributed by atoms with Crippen LogP contribution in [0, 0.1) is 0 Å². The SMILES string of the molecule is CCCCB1OCC2OC(O[Si](C)(C)C)C3OB(CCCC)OC3C2O1. The quantitative estimate of drug-likeness (QED) is 0.599. The van der Waals surface area contributed by atoms with Crippen molar-refractivity contribution in [1.82, 2.24) is 0 Å². The van der Waals surface area contributed by atoms with Crippen LogP contribution in [0.1, 0.15) is 39.5 Å². The second-order valence-electron chi connectivity index (χ2n) is 8.55. The minimum Gasteiger partial charge on any atom is -0.408 e. The van der Waals surface area contributed by atoms with Crippen LogP contribution >= 0.6 is 0 Å². The van der Waals surface area contributed by atoms with Gasteiger partial charge in [-0.3, -0.25) is 0 Å². The highest BCUT2D eigenvalue weighted by molar-refractivity contribution is 6.69. The molecule has 0 N–H and O–H groups in total. The van der Waals surface area contributed by atoms with Crippen LogP contribution in [0.2, 0.25) is 32.3 Å². The average Bonchev–Trinajstić information content (AvgIpc) is 3.02. The second-order valence-corrected chi connectivity index (χ2v) is 13.0. The molecule has 26 heavy (non-hydrogen) atoms. The van der Waals surface area contributed by atoms with Crippen molar-refractivity contribution >= 4 is 22.6 Å². The predicted octanol–water partition coefficient (Wildman–Crippen LogP) is 3.34. The molecule has 0 spiro atoms. The summed E-state index contributed by atoms with van der Waals surface area (Å²) in [6.07, 6.45) is 5.15. The van der Waals surface area contributed by atoms with E-state index in [-0.39, 0.29) is 38.7 Å². The van der Waals surface area contributed by atoms with Gasteiger partial charge in [-0.2, -0.15) is 0 Å². The van der Waals surface area contributed by atoms with Gasteiger partial charge < -0.3 is 27.8 Å². The fourth-order valence-electron chi connectivity index (χ4n) is 3.75. The van der Waals surface area contributed by atoms with Crippen LogP contribution in [0.25, 0.3) is 0 Å². The fourth-order valence-corrected chi connectivity index (χ4v) is 4.63. The molecule has 3 aliphatic rings. The van der Waals surface area contributed by atoms with Gasteiger partial charge in [-0.1, -0.05) is 39.5 Å².